The van der Waals surface area contributed by atoms with Gasteiger partial charge in [0.15, 0.2) is 5.69 Å². The van der Waals surface area contributed by atoms with E-state index in [9.17, 15) is 4.79 Å². The van der Waals surface area contributed by atoms with Crippen LogP contribution >= 0.6 is 0 Å². The molecule has 1 N–H and O–H groups in total. The Morgan fingerprint density at radius 2 is 1.74 bits per heavy atom. The first-order chi connectivity index (χ1) is 13.2. The quantitative estimate of drug-likeness (QED) is 0.587. The second-order valence-electron chi connectivity index (χ2n) is 6.22. The molecule has 0 aliphatic carbocycles. The van der Waals surface area contributed by atoms with Crippen LogP contribution in [0.2, 0.25) is 0 Å². The molecule has 0 spiro atoms. The number of carbonyl (C=O) groups is 1. The summed E-state index contributed by atoms with van der Waals surface area (Å²) in [5, 5.41) is 7.39. The van der Waals surface area contributed by atoms with Crippen molar-refractivity contribution in [2.75, 3.05) is 5.32 Å². The molecule has 1 amide bonds. The number of pyridine rings is 1. The molecular weight excluding hydrogens is 336 g/mol. The molecule has 0 aliphatic heterocycles. The summed E-state index contributed by atoms with van der Waals surface area (Å²) in [5.41, 5.74) is 4.91. The van der Waals surface area contributed by atoms with Gasteiger partial charge in [0.05, 0.1) is 23.3 Å². The molecule has 132 valence electrons. The first-order valence-corrected chi connectivity index (χ1v) is 8.64. The van der Waals surface area contributed by atoms with E-state index in [4.69, 9.17) is 0 Å². The van der Waals surface area contributed by atoms with Crippen molar-refractivity contribution in [3.63, 3.8) is 0 Å². The van der Waals surface area contributed by atoms with Gasteiger partial charge in [0.25, 0.3) is 5.91 Å². The van der Waals surface area contributed by atoms with E-state index >= 15 is 0 Å². The zero-order chi connectivity index (χ0) is 18.6. The van der Waals surface area contributed by atoms with Crippen LogP contribution < -0.4 is 5.32 Å². The van der Waals surface area contributed by atoms with Gasteiger partial charge in [0, 0.05) is 11.8 Å². The van der Waals surface area contributed by atoms with Crippen LogP contribution in [0.5, 0.6) is 0 Å². The molecule has 2 heterocycles. The molecule has 27 heavy (non-hydrogen) atoms. The van der Waals surface area contributed by atoms with Gasteiger partial charge in [-0.2, -0.15) is 5.10 Å². The number of benzene rings is 2. The van der Waals surface area contributed by atoms with E-state index in [1.807, 2.05) is 67.6 Å². The maximum Gasteiger partial charge on any atom is 0.276 e. The van der Waals surface area contributed by atoms with Crippen molar-refractivity contribution in [2.45, 2.75) is 6.92 Å². The van der Waals surface area contributed by atoms with Crippen molar-refractivity contribution in [3.05, 3.63) is 96.4 Å². The van der Waals surface area contributed by atoms with E-state index < -0.39 is 0 Å². The van der Waals surface area contributed by atoms with Crippen LogP contribution in [0, 0.1) is 6.92 Å². The predicted molar refractivity (Wildman–Crippen MR) is 106 cm³/mol. The van der Waals surface area contributed by atoms with Crippen molar-refractivity contribution in [3.8, 4) is 16.9 Å². The molecule has 0 radical (unpaired) electrons. The highest BCUT2D eigenvalue weighted by Gasteiger charge is 2.17. The highest BCUT2D eigenvalue weighted by atomic mass is 16.1. The molecule has 4 rings (SSSR count). The lowest BCUT2D eigenvalue weighted by Crippen LogP contribution is -2.13. The highest BCUT2D eigenvalue weighted by Crippen LogP contribution is 2.25. The number of nitrogens with zero attached hydrogens (tertiary/aromatic N) is 3. The molecule has 2 aromatic carbocycles. The van der Waals surface area contributed by atoms with Gasteiger partial charge >= 0.3 is 0 Å². The van der Waals surface area contributed by atoms with Crippen LogP contribution in [0.4, 0.5) is 5.69 Å². The summed E-state index contributed by atoms with van der Waals surface area (Å²) >= 11 is 0. The zero-order valence-corrected chi connectivity index (χ0v) is 14.8. The standard InChI is InChI=1S/C22H18N4O/c1-16-9-11-17(12-10-16)21-14-20(22(27)24-18-6-5-13-23-15-18)25-26(21)19-7-3-2-4-8-19/h2-15H,1H3,(H,24,27). The topological polar surface area (TPSA) is 59.8 Å². The number of carbonyl (C=O) groups excluding carboxylic acids is 1. The fourth-order valence-corrected chi connectivity index (χ4v) is 2.82. The summed E-state index contributed by atoms with van der Waals surface area (Å²) in [6, 6.07) is 23.3. The lowest BCUT2D eigenvalue weighted by molar-refractivity contribution is 0.102. The molecule has 2 aromatic heterocycles. The Morgan fingerprint density at radius 3 is 2.44 bits per heavy atom. The molecular formula is C22H18N4O. The van der Waals surface area contributed by atoms with Crippen LogP contribution in [0.15, 0.2) is 85.2 Å². The fraction of sp³-hybridized carbons (Fsp3) is 0.0455. The minimum Gasteiger partial charge on any atom is -0.319 e. The number of hydrogen-bond donors (Lipinski definition) is 1. The Kier molecular flexibility index (Phi) is 4.49. The minimum atomic E-state index is -0.272. The molecule has 4 aromatic rings. The average Bonchev–Trinajstić information content (AvgIpc) is 3.16. The third-order valence-corrected chi connectivity index (χ3v) is 4.21. The molecule has 0 fully saturated rings. The van der Waals surface area contributed by atoms with E-state index in [0.29, 0.717) is 11.4 Å². The Labute approximate surface area is 157 Å². The number of aryl methyl sites for hydroxylation is 1. The van der Waals surface area contributed by atoms with Gasteiger partial charge in [-0.25, -0.2) is 4.68 Å². The van der Waals surface area contributed by atoms with Gasteiger partial charge in [-0.1, -0.05) is 48.0 Å². The third kappa shape index (κ3) is 3.62. The van der Waals surface area contributed by atoms with Crippen molar-refractivity contribution < 1.29 is 4.79 Å². The number of anilines is 1. The third-order valence-electron chi connectivity index (χ3n) is 4.21. The predicted octanol–water partition coefficient (Wildman–Crippen LogP) is 4.50. The summed E-state index contributed by atoms with van der Waals surface area (Å²) in [5.74, 6) is -0.272. The van der Waals surface area contributed by atoms with Crippen molar-refractivity contribution in [1.29, 1.82) is 0 Å². The number of aromatic nitrogens is 3. The number of nitrogens with one attached hydrogen (secondary N) is 1. The van der Waals surface area contributed by atoms with E-state index in [1.54, 1.807) is 29.2 Å². The maximum absolute atomic E-state index is 12.7. The van der Waals surface area contributed by atoms with Crippen LogP contribution in [-0.2, 0) is 0 Å². The molecule has 0 aliphatic rings. The maximum atomic E-state index is 12.7. The molecule has 0 saturated heterocycles. The molecule has 0 atom stereocenters. The van der Waals surface area contributed by atoms with Crippen LogP contribution in [0.25, 0.3) is 16.9 Å². The second kappa shape index (κ2) is 7.25. The van der Waals surface area contributed by atoms with Gasteiger partial charge in [-0.3, -0.25) is 9.78 Å². The van der Waals surface area contributed by atoms with Crippen molar-refractivity contribution in [1.82, 2.24) is 14.8 Å². The van der Waals surface area contributed by atoms with E-state index in [2.05, 4.69) is 15.4 Å². The Balaban J connectivity index is 1.75. The largest absolute Gasteiger partial charge is 0.319 e. The van der Waals surface area contributed by atoms with Gasteiger partial charge < -0.3 is 5.32 Å². The number of amides is 1. The lowest BCUT2D eigenvalue weighted by atomic mass is 10.1. The van der Waals surface area contributed by atoms with E-state index in [-0.39, 0.29) is 5.91 Å². The minimum absolute atomic E-state index is 0.272. The molecule has 5 heteroatoms. The molecule has 5 nitrogen and oxygen atoms in total. The summed E-state index contributed by atoms with van der Waals surface area (Å²) in [6.45, 7) is 2.05. The Morgan fingerprint density at radius 1 is 0.963 bits per heavy atom. The number of hydrogen-bond acceptors (Lipinski definition) is 3. The van der Waals surface area contributed by atoms with Crippen molar-refractivity contribution in [2.24, 2.45) is 0 Å². The van der Waals surface area contributed by atoms with Gasteiger partial charge in [0.2, 0.25) is 0 Å². The monoisotopic (exact) mass is 354 g/mol. The summed E-state index contributed by atoms with van der Waals surface area (Å²) in [4.78, 5) is 16.7. The van der Waals surface area contributed by atoms with E-state index in [1.165, 1.54) is 5.56 Å². The first-order valence-electron chi connectivity index (χ1n) is 8.64. The average molecular weight is 354 g/mol. The normalized spacial score (nSPS) is 10.6. The fourth-order valence-electron chi connectivity index (χ4n) is 2.82. The smallest absolute Gasteiger partial charge is 0.276 e. The van der Waals surface area contributed by atoms with Crippen LogP contribution in [0.1, 0.15) is 16.1 Å². The van der Waals surface area contributed by atoms with Gasteiger partial charge in [0.1, 0.15) is 0 Å². The SMILES string of the molecule is Cc1ccc(-c2cc(C(=O)Nc3cccnc3)nn2-c2ccccc2)cc1. The molecule has 0 bridgehead atoms. The van der Waals surface area contributed by atoms with Crippen LogP contribution in [0.3, 0.4) is 0 Å². The van der Waals surface area contributed by atoms with Gasteiger partial charge in [-0.05, 0) is 37.3 Å². The molecule has 0 saturated carbocycles. The highest BCUT2D eigenvalue weighted by molar-refractivity contribution is 6.03. The number of rotatable bonds is 4. The van der Waals surface area contributed by atoms with E-state index in [0.717, 1.165) is 16.9 Å². The Bertz CT molecular complexity index is 1050. The lowest BCUT2D eigenvalue weighted by Gasteiger charge is -2.07. The van der Waals surface area contributed by atoms with Gasteiger partial charge in [-0.15, -0.1) is 0 Å². The number of para-hydroxylation sites is 1. The zero-order valence-electron chi connectivity index (χ0n) is 14.8. The first kappa shape index (κ1) is 16.7. The summed E-state index contributed by atoms with van der Waals surface area (Å²) in [7, 11) is 0. The summed E-state index contributed by atoms with van der Waals surface area (Å²) < 4.78 is 1.79. The second-order valence-corrected chi connectivity index (χ2v) is 6.22. The Hall–Kier alpha value is -3.73. The van der Waals surface area contributed by atoms with Crippen molar-refractivity contribution >= 4 is 11.6 Å². The molecule has 0 unspecified atom stereocenters. The van der Waals surface area contributed by atoms with Crippen LogP contribution in [-0.4, -0.2) is 20.7 Å². The summed E-state index contributed by atoms with van der Waals surface area (Å²) in [6.07, 6.45) is 3.27.